The highest BCUT2D eigenvalue weighted by atomic mass is 16.5. The lowest BCUT2D eigenvalue weighted by Gasteiger charge is -2.22. The largest absolute Gasteiger partial charge is 0.466 e. The summed E-state index contributed by atoms with van der Waals surface area (Å²) >= 11 is 0. The van der Waals surface area contributed by atoms with Gasteiger partial charge in [0, 0.05) is 0 Å². The molecule has 0 saturated heterocycles. The second kappa shape index (κ2) is 9.45. The number of hydrogen-bond acceptors (Lipinski definition) is 4. The Hall–Kier alpha value is -1.58. The quantitative estimate of drug-likeness (QED) is 0.468. The SMILES string of the molecule is C=CCC(C(=O)OCC)C(CC=C)C(=O)OCC. The second-order valence-electron chi connectivity index (χ2n) is 3.77. The molecule has 0 aromatic rings. The Kier molecular flexibility index (Phi) is 8.62. The minimum absolute atomic E-state index is 0.288. The van der Waals surface area contributed by atoms with Gasteiger partial charge in [-0.15, -0.1) is 13.2 Å². The van der Waals surface area contributed by atoms with Gasteiger partial charge in [-0.05, 0) is 26.7 Å². The number of hydrogen-bond donors (Lipinski definition) is 0. The standard InChI is InChI=1S/C14H22O4/c1-5-9-11(13(15)17-7-3)12(10-6-2)14(16)18-8-4/h5-6,11-12H,1-2,7-10H2,3-4H3. The van der Waals surface area contributed by atoms with Crippen LogP contribution >= 0.6 is 0 Å². The van der Waals surface area contributed by atoms with E-state index in [1.807, 2.05) is 0 Å². The predicted octanol–water partition coefficient (Wildman–Crippen LogP) is 2.50. The van der Waals surface area contributed by atoms with Gasteiger partial charge in [0.05, 0.1) is 25.0 Å². The molecule has 0 aliphatic carbocycles. The van der Waals surface area contributed by atoms with Crippen molar-refractivity contribution in [3.8, 4) is 0 Å². The molecule has 4 heteroatoms. The number of rotatable bonds is 9. The van der Waals surface area contributed by atoms with Gasteiger partial charge in [-0.1, -0.05) is 12.2 Å². The van der Waals surface area contributed by atoms with E-state index in [1.165, 1.54) is 0 Å². The third-order valence-corrected chi connectivity index (χ3v) is 2.51. The predicted molar refractivity (Wildman–Crippen MR) is 69.9 cm³/mol. The fraction of sp³-hybridized carbons (Fsp3) is 0.571. The molecule has 0 bridgehead atoms. The molecule has 0 aliphatic heterocycles. The van der Waals surface area contributed by atoms with Crippen LogP contribution < -0.4 is 0 Å². The lowest BCUT2D eigenvalue weighted by atomic mass is 9.87. The van der Waals surface area contributed by atoms with Crippen molar-refractivity contribution in [3.05, 3.63) is 25.3 Å². The van der Waals surface area contributed by atoms with Crippen LogP contribution in [-0.2, 0) is 19.1 Å². The Morgan fingerprint density at radius 3 is 1.50 bits per heavy atom. The molecule has 0 spiro atoms. The highest BCUT2D eigenvalue weighted by Crippen LogP contribution is 2.24. The van der Waals surface area contributed by atoms with Crippen molar-refractivity contribution in [2.24, 2.45) is 11.8 Å². The molecule has 0 saturated carbocycles. The average molecular weight is 254 g/mol. The molecule has 2 unspecified atom stereocenters. The van der Waals surface area contributed by atoms with E-state index in [1.54, 1.807) is 26.0 Å². The first-order chi connectivity index (χ1) is 8.62. The average Bonchev–Trinajstić information content (AvgIpc) is 2.34. The lowest BCUT2D eigenvalue weighted by molar-refractivity contribution is -0.160. The van der Waals surface area contributed by atoms with Gasteiger partial charge in [-0.3, -0.25) is 9.59 Å². The number of carbonyl (C=O) groups excluding carboxylic acids is 2. The smallest absolute Gasteiger partial charge is 0.310 e. The van der Waals surface area contributed by atoms with E-state index >= 15 is 0 Å². The third-order valence-electron chi connectivity index (χ3n) is 2.51. The van der Waals surface area contributed by atoms with E-state index in [0.717, 1.165) is 0 Å². The van der Waals surface area contributed by atoms with Gasteiger partial charge in [-0.2, -0.15) is 0 Å². The Labute approximate surface area is 109 Å². The van der Waals surface area contributed by atoms with Crippen molar-refractivity contribution in [1.82, 2.24) is 0 Å². The molecule has 4 nitrogen and oxygen atoms in total. The van der Waals surface area contributed by atoms with E-state index in [0.29, 0.717) is 12.8 Å². The maximum atomic E-state index is 11.8. The van der Waals surface area contributed by atoms with Gasteiger partial charge in [-0.25, -0.2) is 0 Å². The van der Waals surface area contributed by atoms with Gasteiger partial charge >= 0.3 is 11.9 Å². The normalized spacial score (nSPS) is 13.2. The van der Waals surface area contributed by atoms with Crippen molar-refractivity contribution in [3.63, 3.8) is 0 Å². The molecular formula is C14H22O4. The van der Waals surface area contributed by atoms with Crippen molar-refractivity contribution in [1.29, 1.82) is 0 Å². The van der Waals surface area contributed by atoms with Gasteiger partial charge in [0.2, 0.25) is 0 Å². The molecule has 0 aromatic heterocycles. The van der Waals surface area contributed by atoms with E-state index in [-0.39, 0.29) is 13.2 Å². The summed E-state index contributed by atoms with van der Waals surface area (Å²) in [6.07, 6.45) is 3.99. The van der Waals surface area contributed by atoms with Crippen molar-refractivity contribution < 1.29 is 19.1 Å². The summed E-state index contributed by atoms with van der Waals surface area (Å²) in [5.41, 5.74) is 0. The third kappa shape index (κ3) is 5.17. The number of ether oxygens (including phenoxy) is 2. The highest BCUT2D eigenvalue weighted by molar-refractivity contribution is 5.82. The zero-order chi connectivity index (χ0) is 14.0. The van der Waals surface area contributed by atoms with Gasteiger partial charge in [0.1, 0.15) is 0 Å². The summed E-state index contributed by atoms with van der Waals surface area (Å²) in [7, 11) is 0. The van der Waals surface area contributed by atoms with E-state index in [9.17, 15) is 9.59 Å². The fourth-order valence-corrected chi connectivity index (χ4v) is 1.71. The van der Waals surface area contributed by atoms with E-state index in [2.05, 4.69) is 13.2 Å². The van der Waals surface area contributed by atoms with E-state index in [4.69, 9.17) is 9.47 Å². The highest BCUT2D eigenvalue weighted by Gasteiger charge is 2.33. The molecule has 0 rings (SSSR count). The monoisotopic (exact) mass is 254 g/mol. The molecule has 18 heavy (non-hydrogen) atoms. The molecule has 0 aromatic carbocycles. The summed E-state index contributed by atoms with van der Waals surface area (Å²) in [4.78, 5) is 23.7. The van der Waals surface area contributed by atoms with Crippen molar-refractivity contribution in [2.45, 2.75) is 26.7 Å². The molecule has 2 atom stereocenters. The van der Waals surface area contributed by atoms with Crippen LogP contribution in [0.1, 0.15) is 26.7 Å². The minimum atomic E-state index is -0.556. The summed E-state index contributed by atoms with van der Waals surface area (Å²) < 4.78 is 9.97. The Morgan fingerprint density at radius 2 is 1.28 bits per heavy atom. The summed E-state index contributed by atoms with van der Waals surface area (Å²) in [5, 5.41) is 0. The van der Waals surface area contributed by atoms with Crippen molar-refractivity contribution >= 4 is 11.9 Å². The molecule has 0 heterocycles. The Bertz CT molecular complexity index is 266. The maximum absolute atomic E-state index is 11.8. The van der Waals surface area contributed by atoms with E-state index < -0.39 is 23.8 Å². The molecule has 0 fully saturated rings. The van der Waals surface area contributed by atoms with Crippen molar-refractivity contribution in [2.75, 3.05) is 13.2 Å². The van der Waals surface area contributed by atoms with Crippen LogP contribution in [0.15, 0.2) is 25.3 Å². The lowest BCUT2D eigenvalue weighted by Crippen LogP contribution is -2.32. The fourth-order valence-electron chi connectivity index (χ4n) is 1.71. The Balaban J connectivity index is 4.95. The molecular weight excluding hydrogens is 232 g/mol. The van der Waals surface area contributed by atoms with Crippen LogP contribution in [0.5, 0.6) is 0 Å². The molecule has 102 valence electrons. The minimum Gasteiger partial charge on any atom is -0.466 e. The van der Waals surface area contributed by atoms with Crippen LogP contribution in [0.4, 0.5) is 0 Å². The zero-order valence-corrected chi connectivity index (χ0v) is 11.2. The molecule has 0 N–H and O–H groups in total. The first-order valence-corrected chi connectivity index (χ1v) is 6.17. The topological polar surface area (TPSA) is 52.6 Å². The van der Waals surface area contributed by atoms with Gasteiger partial charge in [0.25, 0.3) is 0 Å². The number of allylic oxidation sites excluding steroid dienone is 2. The second-order valence-corrected chi connectivity index (χ2v) is 3.77. The molecule has 0 amide bonds. The molecule has 0 radical (unpaired) electrons. The van der Waals surface area contributed by atoms with Crippen LogP contribution in [0.25, 0.3) is 0 Å². The number of esters is 2. The van der Waals surface area contributed by atoms with Crippen LogP contribution in [-0.4, -0.2) is 25.2 Å². The van der Waals surface area contributed by atoms with Gasteiger partial charge in [0.15, 0.2) is 0 Å². The summed E-state index contributed by atoms with van der Waals surface area (Å²) in [6, 6.07) is 0. The Morgan fingerprint density at radius 1 is 0.944 bits per heavy atom. The van der Waals surface area contributed by atoms with Crippen LogP contribution in [0, 0.1) is 11.8 Å². The first-order valence-electron chi connectivity index (χ1n) is 6.17. The molecule has 0 aliphatic rings. The maximum Gasteiger partial charge on any atom is 0.310 e. The first kappa shape index (κ1) is 16.4. The summed E-state index contributed by atoms with van der Waals surface area (Å²) in [6.45, 7) is 11.2. The van der Waals surface area contributed by atoms with Crippen LogP contribution in [0.2, 0.25) is 0 Å². The summed E-state index contributed by atoms with van der Waals surface area (Å²) in [5.74, 6) is -1.89. The number of carbonyl (C=O) groups is 2. The zero-order valence-electron chi connectivity index (χ0n) is 11.2. The van der Waals surface area contributed by atoms with Crippen LogP contribution in [0.3, 0.4) is 0 Å². The van der Waals surface area contributed by atoms with Gasteiger partial charge < -0.3 is 9.47 Å².